The molecule has 1 fully saturated rings. The second-order valence-electron chi connectivity index (χ2n) is 6.68. The van der Waals surface area contributed by atoms with E-state index < -0.39 is 17.6 Å². The molecule has 1 amide bonds. The second-order valence-corrected chi connectivity index (χ2v) is 7.50. The summed E-state index contributed by atoms with van der Waals surface area (Å²) >= 11 is 11.2. The van der Waals surface area contributed by atoms with Crippen molar-refractivity contribution in [2.45, 2.75) is 19.0 Å². The van der Waals surface area contributed by atoms with Crippen molar-refractivity contribution in [2.75, 3.05) is 30.4 Å². The smallest absolute Gasteiger partial charge is 0.416 e. The molecule has 30 heavy (non-hydrogen) atoms. The number of amides is 1. The van der Waals surface area contributed by atoms with Crippen LogP contribution in [0.3, 0.4) is 0 Å². The molecule has 1 aliphatic heterocycles. The average molecular weight is 458 g/mol. The number of carbonyl (C=O) groups excluding carboxylic acids is 1. The third-order valence-corrected chi connectivity index (χ3v) is 5.16. The number of anilines is 2. The van der Waals surface area contributed by atoms with Gasteiger partial charge in [-0.25, -0.2) is 0 Å². The highest BCUT2D eigenvalue weighted by Crippen LogP contribution is 2.36. The molecule has 1 saturated heterocycles. The van der Waals surface area contributed by atoms with Gasteiger partial charge < -0.3 is 15.0 Å². The molecule has 2 aromatic rings. The van der Waals surface area contributed by atoms with E-state index in [1.54, 1.807) is 0 Å². The number of alkyl halides is 3. The Balaban J connectivity index is 1.79. The molecule has 0 saturated carbocycles. The lowest BCUT2D eigenvalue weighted by atomic mass is 10.1. The van der Waals surface area contributed by atoms with Crippen LogP contribution in [0.25, 0.3) is 0 Å². The van der Waals surface area contributed by atoms with Gasteiger partial charge in [0.15, 0.2) is 5.11 Å². The average Bonchev–Trinajstić information content (AvgIpc) is 3.21. The largest absolute Gasteiger partial charge is 0.495 e. The van der Waals surface area contributed by atoms with Crippen LogP contribution in [-0.2, 0) is 6.18 Å². The number of thiocarbonyl (C=S) groups is 1. The molecule has 5 nitrogen and oxygen atoms in total. The number of carbonyl (C=O) groups is 1. The van der Waals surface area contributed by atoms with Gasteiger partial charge >= 0.3 is 6.18 Å². The van der Waals surface area contributed by atoms with E-state index in [1.807, 2.05) is 4.90 Å². The van der Waals surface area contributed by atoms with Crippen LogP contribution in [-0.4, -0.2) is 31.2 Å². The zero-order valence-electron chi connectivity index (χ0n) is 16.0. The summed E-state index contributed by atoms with van der Waals surface area (Å²) < 4.78 is 44.6. The standard InChI is InChI=1S/C20H19ClF3N3O2S/c1-29-17-7-4-12(10-14(17)21)18(28)26-19(30)25-15-11-13(20(22,23)24)5-6-16(15)27-8-2-3-9-27/h4-7,10-11H,2-3,8-9H2,1H3,(H2,25,26,28,30). The molecule has 1 aliphatic rings. The van der Waals surface area contributed by atoms with Crippen LogP contribution in [0.4, 0.5) is 24.5 Å². The Morgan fingerprint density at radius 3 is 2.47 bits per heavy atom. The minimum atomic E-state index is -4.50. The van der Waals surface area contributed by atoms with Crippen molar-refractivity contribution in [2.24, 2.45) is 0 Å². The van der Waals surface area contributed by atoms with Gasteiger partial charge in [-0.15, -0.1) is 0 Å². The minimum absolute atomic E-state index is 0.119. The molecule has 3 rings (SSSR count). The zero-order chi connectivity index (χ0) is 21.9. The summed E-state index contributed by atoms with van der Waals surface area (Å²) in [6.07, 6.45) is -2.58. The fourth-order valence-corrected chi connectivity index (χ4v) is 3.64. The second kappa shape index (κ2) is 9.09. The first kappa shape index (κ1) is 22.2. The van der Waals surface area contributed by atoms with Crippen molar-refractivity contribution in [3.8, 4) is 5.75 Å². The lowest BCUT2D eigenvalue weighted by molar-refractivity contribution is -0.137. The number of ether oxygens (including phenoxy) is 1. The van der Waals surface area contributed by atoms with E-state index in [9.17, 15) is 18.0 Å². The highest BCUT2D eigenvalue weighted by molar-refractivity contribution is 7.80. The SMILES string of the molecule is COc1ccc(C(=O)NC(=S)Nc2cc(C(F)(F)F)ccc2N2CCCC2)cc1Cl. The number of halogens is 4. The first-order chi connectivity index (χ1) is 14.2. The molecule has 1 heterocycles. The number of benzene rings is 2. The molecule has 160 valence electrons. The minimum Gasteiger partial charge on any atom is -0.495 e. The summed E-state index contributed by atoms with van der Waals surface area (Å²) in [5.41, 5.74) is 0.215. The van der Waals surface area contributed by atoms with Crippen LogP contribution in [0.5, 0.6) is 5.75 Å². The van der Waals surface area contributed by atoms with Gasteiger partial charge in [-0.2, -0.15) is 13.2 Å². The molecule has 0 aliphatic carbocycles. The molecule has 0 atom stereocenters. The molecule has 2 aromatic carbocycles. The quantitative estimate of drug-likeness (QED) is 0.626. The molecular weight excluding hydrogens is 439 g/mol. The number of rotatable bonds is 4. The first-order valence-electron chi connectivity index (χ1n) is 9.11. The van der Waals surface area contributed by atoms with Crippen LogP contribution in [0.2, 0.25) is 5.02 Å². The fourth-order valence-electron chi connectivity index (χ4n) is 3.18. The van der Waals surface area contributed by atoms with Gasteiger partial charge in [-0.1, -0.05) is 11.6 Å². The Morgan fingerprint density at radius 1 is 1.17 bits per heavy atom. The summed E-state index contributed by atoms with van der Waals surface area (Å²) in [6, 6.07) is 7.91. The lowest BCUT2D eigenvalue weighted by Crippen LogP contribution is -2.34. The van der Waals surface area contributed by atoms with E-state index in [2.05, 4.69) is 10.6 Å². The van der Waals surface area contributed by atoms with Gasteiger partial charge in [0.1, 0.15) is 5.75 Å². The van der Waals surface area contributed by atoms with Crippen LogP contribution < -0.4 is 20.3 Å². The monoisotopic (exact) mass is 457 g/mol. The van der Waals surface area contributed by atoms with Gasteiger partial charge in [0.2, 0.25) is 0 Å². The van der Waals surface area contributed by atoms with E-state index in [0.29, 0.717) is 11.4 Å². The van der Waals surface area contributed by atoms with E-state index >= 15 is 0 Å². The third kappa shape index (κ3) is 5.14. The molecule has 10 heteroatoms. The summed E-state index contributed by atoms with van der Waals surface area (Å²) in [5.74, 6) is -0.139. The van der Waals surface area contributed by atoms with Crippen LogP contribution in [0.15, 0.2) is 36.4 Å². The number of hydrogen-bond acceptors (Lipinski definition) is 4. The maximum Gasteiger partial charge on any atom is 0.416 e. The van der Waals surface area contributed by atoms with Gasteiger partial charge in [0, 0.05) is 18.7 Å². The molecule has 0 aromatic heterocycles. The van der Waals surface area contributed by atoms with E-state index in [1.165, 1.54) is 31.4 Å². The maximum absolute atomic E-state index is 13.2. The summed E-state index contributed by atoms with van der Waals surface area (Å²) in [5, 5.41) is 5.34. The Bertz CT molecular complexity index is 963. The van der Waals surface area contributed by atoms with E-state index in [-0.39, 0.29) is 21.4 Å². The Labute approximate surface area is 182 Å². The lowest BCUT2D eigenvalue weighted by Gasteiger charge is -2.23. The Hall–Kier alpha value is -2.52. The van der Waals surface area contributed by atoms with Crippen molar-refractivity contribution in [3.05, 3.63) is 52.5 Å². The third-order valence-electron chi connectivity index (χ3n) is 4.66. The Kier molecular flexibility index (Phi) is 6.72. The Morgan fingerprint density at radius 2 is 1.87 bits per heavy atom. The van der Waals surface area contributed by atoms with E-state index in [0.717, 1.165) is 38.1 Å². The van der Waals surface area contributed by atoms with Gasteiger partial charge in [0.25, 0.3) is 5.91 Å². The topological polar surface area (TPSA) is 53.6 Å². The highest BCUT2D eigenvalue weighted by atomic mass is 35.5. The molecule has 0 bridgehead atoms. The molecule has 0 unspecified atom stereocenters. The predicted molar refractivity (Wildman–Crippen MR) is 115 cm³/mol. The predicted octanol–water partition coefficient (Wildman–Crippen LogP) is 5.09. The van der Waals surface area contributed by atoms with Crippen LogP contribution in [0, 0.1) is 0 Å². The zero-order valence-corrected chi connectivity index (χ0v) is 17.5. The fraction of sp³-hybridized carbons (Fsp3) is 0.300. The van der Waals surface area contributed by atoms with Crippen molar-refractivity contribution < 1.29 is 22.7 Å². The van der Waals surface area contributed by atoms with Crippen molar-refractivity contribution in [1.29, 1.82) is 0 Å². The first-order valence-corrected chi connectivity index (χ1v) is 9.89. The van der Waals surface area contributed by atoms with E-state index in [4.69, 9.17) is 28.6 Å². The molecule has 2 N–H and O–H groups in total. The molecular formula is C20H19ClF3N3O2S. The summed E-state index contributed by atoms with van der Waals surface area (Å²) in [7, 11) is 1.45. The molecule has 0 spiro atoms. The number of methoxy groups -OCH3 is 1. The van der Waals surface area contributed by atoms with Crippen LogP contribution >= 0.6 is 23.8 Å². The maximum atomic E-state index is 13.2. The van der Waals surface area contributed by atoms with Gasteiger partial charge in [-0.05, 0) is 61.5 Å². The van der Waals surface area contributed by atoms with Gasteiger partial charge in [0.05, 0.1) is 29.1 Å². The van der Waals surface area contributed by atoms with Crippen molar-refractivity contribution >= 4 is 46.2 Å². The number of hydrogen-bond donors (Lipinski definition) is 2. The molecule has 0 radical (unpaired) electrons. The highest BCUT2D eigenvalue weighted by Gasteiger charge is 2.32. The van der Waals surface area contributed by atoms with Crippen molar-refractivity contribution in [3.63, 3.8) is 0 Å². The summed E-state index contributed by atoms with van der Waals surface area (Å²) in [4.78, 5) is 14.4. The van der Waals surface area contributed by atoms with Crippen molar-refractivity contribution in [1.82, 2.24) is 5.32 Å². The number of nitrogens with zero attached hydrogens (tertiary/aromatic N) is 1. The van der Waals surface area contributed by atoms with Gasteiger partial charge in [-0.3, -0.25) is 10.1 Å². The summed E-state index contributed by atoms with van der Waals surface area (Å²) in [6.45, 7) is 1.48. The number of nitrogens with one attached hydrogen (secondary N) is 2. The van der Waals surface area contributed by atoms with Crippen LogP contribution in [0.1, 0.15) is 28.8 Å². The normalized spacial score (nSPS) is 13.8.